The van der Waals surface area contributed by atoms with Crippen molar-refractivity contribution in [2.24, 2.45) is 0 Å². The van der Waals surface area contributed by atoms with Crippen LogP contribution in [-0.4, -0.2) is 28.0 Å². The van der Waals surface area contributed by atoms with Crippen LogP contribution < -0.4 is 0 Å². The summed E-state index contributed by atoms with van der Waals surface area (Å²) in [6, 6.07) is 10.8. The van der Waals surface area contributed by atoms with Gasteiger partial charge in [0.15, 0.2) is 0 Å². The van der Waals surface area contributed by atoms with Gasteiger partial charge in [-0.25, -0.2) is 12.8 Å². The topological polar surface area (TPSA) is 63.2 Å². The second-order valence-corrected chi connectivity index (χ2v) is 8.07. The lowest BCUT2D eigenvalue weighted by Gasteiger charge is -2.24. The van der Waals surface area contributed by atoms with Crippen molar-refractivity contribution in [2.45, 2.75) is 23.8 Å². The molecule has 0 amide bonds. The molecule has 1 saturated heterocycles. The van der Waals surface area contributed by atoms with Gasteiger partial charge in [0.05, 0.1) is 17.8 Å². The van der Waals surface area contributed by atoms with Gasteiger partial charge in [0.2, 0.25) is 10.0 Å². The Balaban J connectivity index is 1.82. The predicted molar refractivity (Wildman–Crippen MR) is 89.7 cm³/mol. The fraction of sp³-hybridized carbons (Fsp3) is 0.250. The molecular weight excluding hydrogens is 349 g/mol. The molecule has 0 aliphatic carbocycles. The van der Waals surface area contributed by atoms with Gasteiger partial charge in [0, 0.05) is 12.1 Å². The van der Waals surface area contributed by atoms with Crippen LogP contribution in [0.4, 0.5) is 4.39 Å². The van der Waals surface area contributed by atoms with Gasteiger partial charge in [-0.1, -0.05) is 24.3 Å². The second kappa shape index (κ2) is 5.87. The molecule has 5 nitrogen and oxygen atoms in total. The van der Waals surface area contributed by atoms with Crippen molar-refractivity contribution in [1.82, 2.24) is 13.1 Å². The smallest absolute Gasteiger partial charge is 0.207 e. The molecule has 1 aromatic heterocycles. The summed E-state index contributed by atoms with van der Waals surface area (Å²) in [5, 5.41) is 0. The Morgan fingerprint density at radius 2 is 1.96 bits per heavy atom. The molecule has 0 unspecified atom stereocenters. The first-order chi connectivity index (χ1) is 11.6. The number of nitrogens with zero attached hydrogens (tertiary/aromatic N) is 3. The van der Waals surface area contributed by atoms with E-state index in [2.05, 4.69) is 8.75 Å². The Hall–Kier alpha value is -1.90. The lowest BCUT2D eigenvalue weighted by molar-refractivity contribution is 0.387. The fourth-order valence-corrected chi connectivity index (χ4v) is 5.63. The fourth-order valence-electron chi connectivity index (χ4n) is 3.20. The predicted octanol–water partition coefficient (Wildman–Crippen LogP) is 3.36. The molecule has 124 valence electrons. The van der Waals surface area contributed by atoms with Crippen molar-refractivity contribution in [1.29, 1.82) is 0 Å². The third kappa shape index (κ3) is 2.42. The zero-order valence-corrected chi connectivity index (χ0v) is 14.2. The Labute approximate surface area is 143 Å². The van der Waals surface area contributed by atoms with Crippen LogP contribution in [0.25, 0.3) is 11.0 Å². The van der Waals surface area contributed by atoms with Crippen molar-refractivity contribution in [2.75, 3.05) is 6.54 Å². The van der Waals surface area contributed by atoms with Gasteiger partial charge >= 0.3 is 0 Å². The molecule has 24 heavy (non-hydrogen) atoms. The first-order valence-corrected chi connectivity index (χ1v) is 9.73. The van der Waals surface area contributed by atoms with Crippen LogP contribution in [0.1, 0.15) is 24.4 Å². The standard InChI is InChI=1S/C16H14FN3O2S2/c17-12-6-2-1-5-11(12)14-8-4-10-20(14)24(21,22)15-9-3-7-13-16(15)19-23-18-13/h1-3,5-7,9,14H,4,8,10H2/t14-/m1/s1. The van der Waals surface area contributed by atoms with Crippen molar-refractivity contribution >= 4 is 32.8 Å². The first-order valence-electron chi connectivity index (χ1n) is 7.56. The molecule has 2 heterocycles. The number of sulfonamides is 1. The molecule has 1 atom stereocenters. The average molecular weight is 363 g/mol. The average Bonchev–Trinajstić information content (AvgIpc) is 3.24. The Bertz CT molecular complexity index is 1000. The zero-order valence-electron chi connectivity index (χ0n) is 12.6. The lowest BCUT2D eigenvalue weighted by atomic mass is 10.1. The van der Waals surface area contributed by atoms with E-state index in [0.29, 0.717) is 36.0 Å². The van der Waals surface area contributed by atoms with Gasteiger partial charge in [-0.05, 0) is 31.0 Å². The van der Waals surface area contributed by atoms with Crippen molar-refractivity contribution in [3.05, 3.63) is 53.8 Å². The van der Waals surface area contributed by atoms with Gasteiger partial charge in [-0.15, -0.1) is 0 Å². The largest absolute Gasteiger partial charge is 0.245 e. The summed E-state index contributed by atoms with van der Waals surface area (Å²) in [7, 11) is -3.78. The monoisotopic (exact) mass is 363 g/mol. The second-order valence-electron chi connectivity index (χ2n) is 5.68. The van der Waals surface area contributed by atoms with Crippen LogP contribution in [0, 0.1) is 5.82 Å². The van der Waals surface area contributed by atoms with Gasteiger partial charge in [-0.2, -0.15) is 13.1 Å². The maximum Gasteiger partial charge on any atom is 0.245 e. The number of benzene rings is 2. The van der Waals surface area contributed by atoms with Gasteiger partial charge < -0.3 is 0 Å². The molecule has 0 spiro atoms. The van der Waals surface area contributed by atoms with E-state index in [-0.39, 0.29) is 10.7 Å². The minimum atomic E-state index is -3.78. The maximum absolute atomic E-state index is 14.2. The van der Waals surface area contributed by atoms with Gasteiger partial charge in [0.1, 0.15) is 21.7 Å². The highest BCUT2D eigenvalue weighted by Gasteiger charge is 2.38. The van der Waals surface area contributed by atoms with E-state index in [1.54, 1.807) is 30.3 Å². The van der Waals surface area contributed by atoms with E-state index in [1.165, 1.54) is 16.4 Å². The number of hydrogen-bond donors (Lipinski definition) is 0. The summed E-state index contributed by atoms with van der Waals surface area (Å²) in [6.07, 6.45) is 1.30. The van der Waals surface area contributed by atoms with Crippen molar-refractivity contribution in [3.63, 3.8) is 0 Å². The Morgan fingerprint density at radius 3 is 2.79 bits per heavy atom. The van der Waals surface area contributed by atoms with E-state index < -0.39 is 16.1 Å². The molecule has 0 radical (unpaired) electrons. The summed E-state index contributed by atoms with van der Waals surface area (Å²) in [5.41, 5.74) is 1.35. The summed E-state index contributed by atoms with van der Waals surface area (Å²) in [4.78, 5) is 0.136. The number of fused-ring (bicyclic) bond motifs is 1. The summed E-state index contributed by atoms with van der Waals surface area (Å²) < 4.78 is 50.1. The highest BCUT2D eigenvalue weighted by Crippen LogP contribution is 2.38. The summed E-state index contributed by atoms with van der Waals surface area (Å²) in [6.45, 7) is 0.370. The van der Waals surface area contributed by atoms with E-state index in [0.717, 1.165) is 11.7 Å². The molecular formula is C16H14FN3O2S2. The SMILES string of the molecule is O=S(=O)(c1cccc2nsnc12)N1CCC[C@@H]1c1ccccc1F. The Kier molecular flexibility index (Phi) is 3.82. The van der Waals surface area contributed by atoms with E-state index >= 15 is 0 Å². The van der Waals surface area contributed by atoms with E-state index in [4.69, 9.17) is 0 Å². The van der Waals surface area contributed by atoms with Crippen LogP contribution in [0.2, 0.25) is 0 Å². The zero-order chi connectivity index (χ0) is 16.7. The van der Waals surface area contributed by atoms with Crippen LogP contribution in [-0.2, 0) is 10.0 Å². The van der Waals surface area contributed by atoms with Crippen molar-refractivity contribution < 1.29 is 12.8 Å². The quantitative estimate of drug-likeness (QED) is 0.716. The normalized spacial score (nSPS) is 19.1. The van der Waals surface area contributed by atoms with Gasteiger partial charge in [0.25, 0.3) is 0 Å². The molecule has 3 aromatic rings. The summed E-state index contributed by atoms with van der Waals surface area (Å²) >= 11 is 0.982. The first kappa shape index (κ1) is 15.6. The molecule has 0 saturated carbocycles. The van der Waals surface area contributed by atoms with Crippen LogP contribution >= 0.6 is 11.7 Å². The van der Waals surface area contributed by atoms with Gasteiger partial charge in [-0.3, -0.25) is 0 Å². The molecule has 1 aliphatic heterocycles. The maximum atomic E-state index is 14.2. The minimum absolute atomic E-state index is 0.136. The van der Waals surface area contributed by atoms with Crippen LogP contribution in [0.3, 0.4) is 0 Å². The lowest BCUT2D eigenvalue weighted by Crippen LogP contribution is -2.31. The van der Waals surface area contributed by atoms with E-state index in [1.807, 2.05) is 0 Å². The molecule has 8 heteroatoms. The molecule has 4 rings (SSSR count). The summed E-state index contributed by atoms with van der Waals surface area (Å²) in [5.74, 6) is -0.377. The molecule has 2 aromatic carbocycles. The Morgan fingerprint density at radius 1 is 1.12 bits per heavy atom. The third-order valence-electron chi connectivity index (χ3n) is 4.30. The highest BCUT2D eigenvalue weighted by molar-refractivity contribution is 7.89. The number of halogens is 1. The third-order valence-corrected chi connectivity index (χ3v) is 6.79. The molecule has 0 bridgehead atoms. The highest BCUT2D eigenvalue weighted by atomic mass is 32.2. The number of hydrogen-bond acceptors (Lipinski definition) is 5. The number of rotatable bonds is 3. The van der Waals surface area contributed by atoms with Crippen molar-refractivity contribution in [3.8, 4) is 0 Å². The molecule has 1 aliphatic rings. The number of aromatic nitrogens is 2. The molecule has 1 fully saturated rings. The minimum Gasteiger partial charge on any atom is -0.207 e. The van der Waals surface area contributed by atoms with Crippen LogP contribution in [0.15, 0.2) is 47.4 Å². The van der Waals surface area contributed by atoms with E-state index in [9.17, 15) is 12.8 Å². The van der Waals surface area contributed by atoms with Crippen LogP contribution in [0.5, 0.6) is 0 Å². The molecule has 0 N–H and O–H groups in total.